The van der Waals surface area contributed by atoms with Crippen LogP contribution in [0.4, 0.5) is 5.69 Å². The molecule has 0 radical (unpaired) electrons. The molecule has 1 heterocycles. The lowest BCUT2D eigenvalue weighted by molar-refractivity contribution is -0.384. The second-order valence-corrected chi connectivity index (χ2v) is 5.20. The molecule has 21 heavy (non-hydrogen) atoms. The van der Waals surface area contributed by atoms with E-state index >= 15 is 0 Å². The van der Waals surface area contributed by atoms with Gasteiger partial charge in [0.15, 0.2) is 0 Å². The van der Waals surface area contributed by atoms with Crippen molar-refractivity contribution in [1.29, 1.82) is 0 Å². The van der Waals surface area contributed by atoms with Gasteiger partial charge >= 0.3 is 0 Å². The van der Waals surface area contributed by atoms with E-state index in [1.165, 1.54) is 6.07 Å². The molecule has 1 aromatic carbocycles. The summed E-state index contributed by atoms with van der Waals surface area (Å²) in [5, 5.41) is 15.1. The molecule has 0 spiro atoms. The van der Waals surface area contributed by atoms with E-state index in [1.807, 2.05) is 12.1 Å². The van der Waals surface area contributed by atoms with Crippen LogP contribution in [0.15, 0.2) is 30.3 Å². The lowest BCUT2D eigenvalue weighted by Gasteiger charge is -2.16. The maximum atomic E-state index is 10.8. The zero-order valence-corrected chi connectivity index (χ0v) is 12.5. The Kier molecular flexibility index (Phi) is 5.22. The van der Waals surface area contributed by atoms with Crippen molar-refractivity contribution in [3.8, 4) is 0 Å². The minimum atomic E-state index is -0.380. The molecule has 1 unspecified atom stereocenters. The summed E-state index contributed by atoms with van der Waals surface area (Å²) >= 11 is 0. The van der Waals surface area contributed by atoms with Crippen molar-refractivity contribution in [2.45, 2.75) is 39.2 Å². The molecular formula is C16H21N3O2. The third-order valence-electron chi connectivity index (χ3n) is 3.57. The lowest BCUT2D eigenvalue weighted by atomic mass is 10.1. The zero-order chi connectivity index (χ0) is 15.2. The van der Waals surface area contributed by atoms with Gasteiger partial charge in [0.1, 0.15) is 0 Å². The van der Waals surface area contributed by atoms with Gasteiger partial charge in [-0.25, -0.2) is 0 Å². The van der Waals surface area contributed by atoms with Gasteiger partial charge in [-0.15, -0.1) is 0 Å². The maximum absolute atomic E-state index is 10.8. The molecule has 2 rings (SSSR count). The monoisotopic (exact) mass is 287 g/mol. The Morgan fingerprint density at radius 3 is 2.76 bits per heavy atom. The summed E-state index contributed by atoms with van der Waals surface area (Å²) in [5.41, 5.74) is 1.93. The van der Waals surface area contributed by atoms with E-state index < -0.39 is 0 Å². The normalized spacial score (nSPS) is 12.5. The summed E-state index contributed by atoms with van der Waals surface area (Å²) in [6, 6.07) is 9.09. The van der Waals surface area contributed by atoms with Crippen LogP contribution in [-0.4, -0.2) is 22.5 Å². The molecule has 0 saturated carbocycles. The van der Waals surface area contributed by atoms with Crippen LogP contribution in [-0.2, 0) is 6.42 Å². The maximum Gasteiger partial charge on any atom is 0.270 e. The highest BCUT2D eigenvalue weighted by Gasteiger charge is 2.10. The van der Waals surface area contributed by atoms with Crippen LogP contribution in [0.2, 0.25) is 0 Å². The number of hydrogen-bond donors (Lipinski definition) is 1. The SMILES string of the molecule is CCCNC(CC)Cc1ccc2cc([N+](=O)[O-])ccc2n1. The number of benzene rings is 1. The molecule has 0 bridgehead atoms. The van der Waals surface area contributed by atoms with Crippen molar-refractivity contribution < 1.29 is 4.92 Å². The quantitative estimate of drug-likeness (QED) is 0.625. The summed E-state index contributed by atoms with van der Waals surface area (Å²) in [7, 11) is 0. The van der Waals surface area contributed by atoms with E-state index in [0.29, 0.717) is 6.04 Å². The minimum Gasteiger partial charge on any atom is -0.314 e. The third-order valence-corrected chi connectivity index (χ3v) is 3.57. The Labute approximate surface area is 124 Å². The first-order valence-corrected chi connectivity index (χ1v) is 7.41. The number of hydrogen-bond acceptors (Lipinski definition) is 4. The Morgan fingerprint density at radius 2 is 2.10 bits per heavy atom. The van der Waals surface area contributed by atoms with E-state index in [1.54, 1.807) is 12.1 Å². The van der Waals surface area contributed by atoms with Gasteiger partial charge in [0.2, 0.25) is 0 Å². The van der Waals surface area contributed by atoms with E-state index in [2.05, 4.69) is 24.1 Å². The van der Waals surface area contributed by atoms with E-state index in [-0.39, 0.29) is 10.6 Å². The van der Waals surface area contributed by atoms with Gasteiger partial charge in [-0.2, -0.15) is 0 Å². The molecule has 0 aliphatic heterocycles. The van der Waals surface area contributed by atoms with Gasteiger partial charge in [-0.05, 0) is 31.5 Å². The van der Waals surface area contributed by atoms with Crippen molar-refractivity contribution >= 4 is 16.6 Å². The number of pyridine rings is 1. The lowest BCUT2D eigenvalue weighted by Crippen LogP contribution is -2.31. The average molecular weight is 287 g/mol. The number of nitro benzene ring substituents is 1. The predicted octanol–water partition coefficient (Wildman–Crippen LogP) is 3.46. The summed E-state index contributed by atoms with van der Waals surface area (Å²) in [6.07, 6.45) is 3.05. The standard InChI is InChI=1S/C16H21N3O2/c1-3-9-17-13(4-2)11-14-6-5-12-10-15(19(20)21)7-8-16(12)18-14/h5-8,10,13,17H,3-4,9,11H2,1-2H3. The van der Waals surface area contributed by atoms with Crippen LogP contribution < -0.4 is 5.32 Å². The number of fused-ring (bicyclic) bond motifs is 1. The van der Waals surface area contributed by atoms with Gasteiger partial charge in [0, 0.05) is 35.7 Å². The molecule has 0 amide bonds. The first-order chi connectivity index (χ1) is 10.1. The Balaban J connectivity index is 2.18. The molecule has 5 heteroatoms. The van der Waals surface area contributed by atoms with Crippen molar-refractivity contribution in [2.75, 3.05) is 6.54 Å². The van der Waals surface area contributed by atoms with Crippen molar-refractivity contribution in [3.63, 3.8) is 0 Å². The Bertz CT molecular complexity index is 628. The molecule has 112 valence electrons. The number of nitrogens with one attached hydrogen (secondary N) is 1. The van der Waals surface area contributed by atoms with Gasteiger partial charge < -0.3 is 5.32 Å². The van der Waals surface area contributed by atoms with Crippen LogP contribution >= 0.6 is 0 Å². The van der Waals surface area contributed by atoms with Gasteiger partial charge in [-0.1, -0.05) is 19.9 Å². The summed E-state index contributed by atoms with van der Waals surface area (Å²) in [6.45, 7) is 5.33. The average Bonchev–Trinajstić information content (AvgIpc) is 2.50. The summed E-state index contributed by atoms with van der Waals surface area (Å²) in [5.74, 6) is 0. The van der Waals surface area contributed by atoms with Gasteiger partial charge in [0.05, 0.1) is 10.4 Å². The molecule has 0 saturated heterocycles. The third kappa shape index (κ3) is 3.98. The Morgan fingerprint density at radius 1 is 1.29 bits per heavy atom. The highest BCUT2D eigenvalue weighted by Crippen LogP contribution is 2.20. The highest BCUT2D eigenvalue weighted by atomic mass is 16.6. The fourth-order valence-corrected chi connectivity index (χ4v) is 2.34. The molecule has 1 aromatic heterocycles. The van der Waals surface area contributed by atoms with E-state index in [0.717, 1.165) is 42.4 Å². The molecule has 0 aliphatic carbocycles. The second kappa shape index (κ2) is 7.13. The minimum absolute atomic E-state index is 0.105. The van der Waals surface area contributed by atoms with Gasteiger partial charge in [0.25, 0.3) is 5.69 Å². The molecule has 0 fully saturated rings. The first-order valence-electron chi connectivity index (χ1n) is 7.41. The van der Waals surface area contributed by atoms with Crippen LogP contribution in [0.3, 0.4) is 0 Å². The fraction of sp³-hybridized carbons (Fsp3) is 0.438. The molecule has 2 aromatic rings. The molecule has 5 nitrogen and oxygen atoms in total. The number of nitro groups is 1. The van der Waals surface area contributed by atoms with Crippen molar-refractivity contribution in [1.82, 2.24) is 10.3 Å². The smallest absolute Gasteiger partial charge is 0.270 e. The molecule has 1 atom stereocenters. The second-order valence-electron chi connectivity index (χ2n) is 5.20. The topological polar surface area (TPSA) is 68.1 Å². The molecular weight excluding hydrogens is 266 g/mol. The van der Waals surface area contributed by atoms with Crippen molar-refractivity contribution in [3.05, 3.63) is 46.1 Å². The largest absolute Gasteiger partial charge is 0.314 e. The van der Waals surface area contributed by atoms with Crippen LogP contribution in [0, 0.1) is 10.1 Å². The van der Waals surface area contributed by atoms with Gasteiger partial charge in [-0.3, -0.25) is 15.1 Å². The summed E-state index contributed by atoms with van der Waals surface area (Å²) < 4.78 is 0. The molecule has 1 N–H and O–H groups in total. The Hall–Kier alpha value is -2.01. The first kappa shape index (κ1) is 15.4. The number of non-ortho nitro benzene ring substituents is 1. The zero-order valence-electron chi connectivity index (χ0n) is 12.5. The van der Waals surface area contributed by atoms with E-state index in [9.17, 15) is 10.1 Å². The molecule has 0 aliphatic rings. The summed E-state index contributed by atoms with van der Waals surface area (Å²) in [4.78, 5) is 15.0. The fourth-order valence-electron chi connectivity index (χ4n) is 2.34. The van der Waals surface area contributed by atoms with E-state index in [4.69, 9.17) is 0 Å². The predicted molar refractivity (Wildman–Crippen MR) is 84.5 cm³/mol. The number of rotatable bonds is 7. The number of nitrogens with zero attached hydrogens (tertiary/aromatic N) is 2. The number of aromatic nitrogens is 1. The van der Waals surface area contributed by atoms with Crippen molar-refractivity contribution in [2.24, 2.45) is 0 Å². The van der Waals surface area contributed by atoms with Crippen LogP contribution in [0.1, 0.15) is 32.4 Å². The van der Waals surface area contributed by atoms with Crippen LogP contribution in [0.25, 0.3) is 10.9 Å². The highest BCUT2D eigenvalue weighted by molar-refractivity contribution is 5.81. The van der Waals surface area contributed by atoms with Crippen LogP contribution in [0.5, 0.6) is 0 Å².